The van der Waals surface area contributed by atoms with Gasteiger partial charge < -0.3 is 23.8 Å². The summed E-state index contributed by atoms with van der Waals surface area (Å²) in [7, 11) is 5.53. The number of likely N-dealkylation sites (N-methyl/N-ethyl adjacent to an activating group) is 1. The van der Waals surface area contributed by atoms with E-state index in [1.165, 1.54) is 161 Å². The maximum atomic E-state index is 12.8. The molecule has 0 bridgehead atoms. The third kappa shape index (κ3) is 44.7. The summed E-state index contributed by atoms with van der Waals surface area (Å²) in [5.74, 6) is -1.48. The maximum Gasteiger partial charge on any atom is 0.362 e. The van der Waals surface area contributed by atoms with E-state index < -0.39 is 18.1 Å². The average molecular weight is 903 g/mol. The third-order valence-corrected chi connectivity index (χ3v) is 12.3. The van der Waals surface area contributed by atoms with Gasteiger partial charge in [-0.3, -0.25) is 9.59 Å². The lowest BCUT2D eigenvalue weighted by Gasteiger charge is -2.31. The van der Waals surface area contributed by atoms with Gasteiger partial charge in [0.1, 0.15) is 6.61 Å². The van der Waals surface area contributed by atoms with Crippen molar-refractivity contribution >= 4 is 17.9 Å². The van der Waals surface area contributed by atoms with Gasteiger partial charge in [0.05, 0.1) is 34.4 Å². The van der Waals surface area contributed by atoms with Gasteiger partial charge in [-0.25, -0.2) is 4.79 Å². The van der Waals surface area contributed by atoms with Crippen LogP contribution in [0.3, 0.4) is 0 Å². The van der Waals surface area contributed by atoms with Gasteiger partial charge in [-0.2, -0.15) is 0 Å². The van der Waals surface area contributed by atoms with Crippen molar-refractivity contribution < 1.29 is 38.2 Å². The Morgan fingerprint density at radius 3 is 1.22 bits per heavy atom. The van der Waals surface area contributed by atoms with Crippen LogP contribution in [-0.2, 0) is 28.6 Å². The summed E-state index contributed by atoms with van der Waals surface area (Å²) in [6.45, 7) is 4.75. The fourth-order valence-electron chi connectivity index (χ4n) is 8.08. The highest BCUT2D eigenvalue weighted by Crippen LogP contribution is 2.15. The van der Waals surface area contributed by atoms with Gasteiger partial charge >= 0.3 is 17.9 Å². The van der Waals surface area contributed by atoms with Gasteiger partial charge in [0.25, 0.3) is 0 Å². The number of rotatable bonds is 49. The van der Waals surface area contributed by atoms with Crippen LogP contribution in [0.4, 0.5) is 0 Å². The van der Waals surface area contributed by atoms with Crippen LogP contribution in [0, 0.1) is 0 Å². The van der Waals surface area contributed by atoms with E-state index >= 15 is 0 Å². The molecule has 8 heteroatoms. The first-order valence-corrected chi connectivity index (χ1v) is 27.0. The molecule has 374 valence electrons. The van der Waals surface area contributed by atoms with Gasteiger partial charge in [-0.1, -0.05) is 204 Å². The Bertz CT molecular complexity index is 1140. The number of nitrogens with zero attached hydrogens (tertiary/aromatic N) is 1. The van der Waals surface area contributed by atoms with Crippen LogP contribution >= 0.6 is 0 Å². The second kappa shape index (κ2) is 47.1. The SMILES string of the molecule is CCCCCCCCC/C=C/C=C/CCCCCCCC(=O)OC(COCCC(C(=O)O)[N+](C)(C)C)COC(=O)CCCCCCCCC/C=C/CCCCCCCCCCCCC. The Morgan fingerprint density at radius 1 is 0.469 bits per heavy atom. The minimum atomic E-state index is -0.876. The number of carboxylic acids is 1. The third-order valence-electron chi connectivity index (χ3n) is 12.3. The number of carbonyl (C=O) groups is 3. The molecule has 8 nitrogen and oxygen atoms in total. The van der Waals surface area contributed by atoms with Crippen molar-refractivity contribution in [2.24, 2.45) is 0 Å². The lowest BCUT2D eigenvalue weighted by atomic mass is 10.0. The maximum absolute atomic E-state index is 12.8. The molecule has 0 aromatic carbocycles. The number of carbonyl (C=O) groups excluding carboxylic acids is 2. The molecule has 0 aliphatic rings. The minimum absolute atomic E-state index is 0.0551. The van der Waals surface area contributed by atoms with Crippen LogP contribution in [0.1, 0.15) is 251 Å². The summed E-state index contributed by atoms with van der Waals surface area (Å²) in [4.78, 5) is 37.2. The Labute approximate surface area is 395 Å². The lowest BCUT2D eigenvalue weighted by molar-refractivity contribution is -0.887. The van der Waals surface area contributed by atoms with Crippen molar-refractivity contribution in [3.05, 3.63) is 36.5 Å². The van der Waals surface area contributed by atoms with Gasteiger partial charge in [0, 0.05) is 19.3 Å². The van der Waals surface area contributed by atoms with E-state index in [1.807, 2.05) is 21.1 Å². The quantitative estimate of drug-likeness (QED) is 0.0213. The minimum Gasteiger partial charge on any atom is -0.477 e. The van der Waals surface area contributed by atoms with Crippen LogP contribution in [0.15, 0.2) is 36.5 Å². The molecule has 2 unspecified atom stereocenters. The molecule has 0 saturated heterocycles. The molecule has 1 N–H and O–H groups in total. The molecule has 0 aliphatic heterocycles. The first kappa shape index (κ1) is 61.5. The average Bonchev–Trinajstić information content (AvgIpc) is 3.26. The summed E-state index contributed by atoms with van der Waals surface area (Å²) < 4.78 is 17.4. The Morgan fingerprint density at radius 2 is 0.828 bits per heavy atom. The molecule has 0 amide bonds. The van der Waals surface area contributed by atoms with Crippen molar-refractivity contribution in [2.45, 2.75) is 264 Å². The van der Waals surface area contributed by atoms with Gasteiger partial charge in [-0.15, -0.1) is 0 Å². The van der Waals surface area contributed by atoms with E-state index in [2.05, 4.69) is 50.3 Å². The van der Waals surface area contributed by atoms with Crippen LogP contribution in [0.5, 0.6) is 0 Å². The van der Waals surface area contributed by atoms with Crippen molar-refractivity contribution in [1.82, 2.24) is 0 Å². The Kier molecular flexibility index (Phi) is 45.3. The van der Waals surface area contributed by atoms with Crippen LogP contribution in [0.25, 0.3) is 0 Å². The summed E-state index contributed by atoms with van der Waals surface area (Å²) in [5, 5.41) is 9.66. The van der Waals surface area contributed by atoms with Crippen LogP contribution < -0.4 is 0 Å². The van der Waals surface area contributed by atoms with Crippen molar-refractivity contribution in [1.29, 1.82) is 0 Å². The second-order valence-electron chi connectivity index (χ2n) is 19.5. The van der Waals surface area contributed by atoms with Gasteiger partial charge in [0.15, 0.2) is 12.1 Å². The van der Waals surface area contributed by atoms with Crippen molar-refractivity contribution in [3.8, 4) is 0 Å². The zero-order valence-electron chi connectivity index (χ0n) is 42.7. The highest BCUT2D eigenvalue weighted by molar-refractivity contribution is 5.72. The summed E-state index contributed by atoms with van der Waals surface area (Å²) in [5.41, 5.74) is 0. The summed E-state index contributed by atoms with van der Waals surface area (Å²) in [6.07, 6.45) is 56.3. The Balaban J connectivity index is 4.23. The normalized spacial score (nSPS) is 13.1. The molecule has 0 spiro atoms. The molecule has 0 fully saturated rings. The monoisotopic (exact) mass is 903 g/mol. The van der Waals surface area contributed by atoms with E-state index in [0.29, 0.717) is 19.3 Å². The van der Waals surface area contributed by atoms with E-state index in [9.17, 15) is 19.5 Å². The smallest absolute Gasteiger partial charge is 0.362 e. The van der Waals surface area contributed by atoms with E-state index in [0.717, 1.165) is 57.8 Å². The largest absolute Gasteiger partial charge is 0.477 e. The molecular weight excluding hydrogens is 799 g/mol. The molecule has 2 atom stereocenters. The zero-order chi connectivity index (χ0) is 47.0. The molecule has 0 aromatic rings. The number of esters is 2. The first-order valence-electron chi connectivity index (χ1n) is 27.0. The predicted octanol–water partition coefficient (Wildman–Crippen LogP) is 15.8. The molecule has 0 rings (SSSR count). The lowest BCUT2D eigenvalue weighted by Crippen LogP contribution is -2.50. The molecule has 0 radical (unpaired) electrons. The second-order valence-corrected chi connectivity index (χ2v) is 19.5. The number of unbranched alkanes of at least 4 members (excludes halogenated alkanes) is 30. The number of aliphatic carboxylic acids is 1. The fraction of sp³-hybridized carbons (Fsp3) is 0.839. The molecule has 0 saturated carbocycles. The highest BCUT2D eigenvalue weighted by atomic mass is 16.6. The Hall–Kier alpha value is -2.45. The van der Waals surface area contributed by atoms with Gasteiger partial charge in [-0.05, 0) is 64.2 Å². The molecule has 0 heterocycles. The molecule has 64 heavy (non-hydrogen) atoms. The molecular formula is C56H104NO7+. The van der Waals surface area contributed by atoms with Crippen molar-refractivity contribution in [3.63, 3.8) is 0 Å². The number of quaternary nitrogens is 1. The highest BCUT2D eigenvalue weighted by Gasteiger charge is 2.31. The summed E-state index contributed by atoms with van der Waals surface area (Å²) >= 11 is 0. The predicted molar refractivity (Wildman–Crippen MR) is 271 cm³/mol. The standard InChI is InChI=1S/C56H103NO7/c1-6-8-10-12-14-16-18-20-22-24-26-27-28-29-31-32-34-36-38-40-42-44-46-54(58)63-51-52(50-62-49-48-53(56(60)61)57(3,4)5)64-55(59)47-45-43-41-39-37-35-33-30-25-23-21-19-17-15-13-11-9-7-2/h23,25,28-30,33,52-53H,6-22,24,26-27,31-32,34-51H2,1-5H3/p+1/b25-23+,29-28+,33-30+. The van der Waals surface area contributed by atoms with Crippen LogP contribution in [0.2, 0.25) is 0 Å². The van der Waals surface area contributed by atoms with E-state index in [4.69, 9.17) is 14.2 Å². The number of allylic oxidation sites excluding steroid dienone is 6. The zero-order valence-corrected chi connectivity index (χ0v) is 42.7. The summed E-state index contributed by atoms with van der Waals surface area (Å²) in [6, 6.07) is -0.618. The number of carboxylic acid groups (broad SMARTS) is 1. The molecule has 0 aromatic heterocycles. The van der Waals surface area contributed by atoms with Crippen LogP contribution in [-0.4, -0.2) is 80.6 Å². The van der Waals surface area contributed by atoms with E-state index in [1.54, 1.807) is 0 Å². The topological polar surface area (TPSA) is 99.1 Å². The van der Waals surface area contributed by atoms with Gasteiger partial charge in [0.2, 0.25) is 0 Å². The number of ether oxygens (including phenoxy) is 3. The van der Waals surface area contributed by atoms with E-state index in [-0.39, 0.29) is 36.2 Å². The first-order chi connectivity index (χ1) is 31.1. The molecule has 0 aliphatic carbocycles. The number of hydrogen-bond acceptors (Lipinski definition) is 6. The van der Waals surface area contributed by atoms with Crippen molar-refractivity contribution in [2.75, 3.05) is 41.0 Å². The fourth-order valence-corrected chi connectivity index (χ4v) is 8.08. The number of hydrogen-bond donors (Lipinski definition) is 1.